The van der Waals surface area contributed by atoms with Crippen molar-refractivity contribution in [3.8, 4) is 0 Å². The summed E-state index contributed by atoms with van der Waals surface area (Å²) >= 11 is 1.23. The van der Waals surface area contributed by atoms with Gasteiger partial charge in [-0.05, 0) is 39.8 Å². The average molecular weight is 275 g/mol. The van der Waals surface area contributed by atoms with E-state index in [-0.39, 0.29) is 6.04 Å². The third-order valence-corrected chi connectivity index (χ3v) is 5.97. The second-order valence-corrected chi connectivity index (χ2v) is 7.36. The fourth-order valence-electron chi connectivity index (χ4n) is 1.97. The van der Waals surface area contributed by atoms with Crippen LogP contribution in [0.2, 0.25) is 0 Å². The molecule has 17 heavy (non-hydrogen) atoms. The van der Waals surface area contributed by atoms with Gasteiger partial charge in [-0.2, -0.15) is 0 Å². The first-order chi connectivity index (χ1) is 7.99. The molecule has 0 aliphatic carbocycles. The van der Waals surface area contributed by atoms with Gasteiger partial charge < -0.3 is 5.32 Å². The Hall–Kier alpha value is -0.500. The summed E-state index contributed by atoms with van der Waals surface area (Å²) in [6, 6.07) is 0.0445. The zero-order chi connectivity index (χ0) is 12.5. The summed E-state index contributed by atoms with van der Waals surface area (Å²) in [4.78, 5) is 4.16. The van der Waals surface area contributed by atoms with Crippen LogP contribution >= 0.6 is 11.3 Å². The largest absolute Gasteiger partial charge is 0.317 e. The predicted octanol–water partition coefficient (Wildman–Crippen LogP) is 0.790. The normalized spacial score (nSPS) is 18.5. The topological polar surface area (TPSA) is 71.1 Å². The molecule has 0 radical (unpaired) electrons. The number of aryl methyl sites for hydroxylation is 2. The fraction of sp³-hybridized carbons (Fsp3) is 0.700. The van der Waals surface area contributed by atoms with Crippen molar-refractivity contribution in [3.63, 3.8) is 0 Å². The van der Waals surface area contributed by atoms with E-state index in [0.29, 0.717) is 9.90 Å². The standard InChI is InChI=1S/C10H17N3O2S2/c1-7-10(16-8(2)12-7)17(14,15)13-9-3-5-11-6-4-9/h9,11,13H,3-6H2,1-2H3. The molecule has 7 heteroatoms. The van der Waals surface area contributed by atoms with Gasteiger partial charge in [0.2, 0.25) is 0 Å². The van der Waals surface area contributed by atoms with E-state index >= 15 is 0 Å². The van der Waals surface area contributed by atoms with Crippen molar-refractivity contribution in [3.05, 3.63) is 10.7 Å². The van der Waals surface area contributed by atoms with E-state index in [1.165, 1.54) is 11.3 Å². The van der Waals surface area contributed by atoms with Gasteiger partial charge in [0.25, 0.3) is 10.0 Å². The van der Waals surface area contributed by atoms with Crippen LogP contribution in [-0.4, -0.2) is 32.5 Å². The molecule has 2 N–H and O–H groups in total. The first kappa shape index (κ1) is 12.9. The molecule has 0 amide bonds. The minimum atomic E-state index is -3.39. The number of sulfonamides is 1. The van der Waals surface area contributed by atoms with Crippen molar-refractivity contribution < 1.29 is 8.42 Å². The molecule has 0 saturated carbocycles. The Bertz CT molecular complexity index is 490. The molecule has 1 saturated heterocycles. The van der Waals surface area contributed by atoms with E-state index in [0.717, 1.165) is 30.9 Å². The number of thiazole rings is 1. The third-order valence-electron chi connectivity index (χ3n) is 2.77. The van der Waals surface area contributed by atoms with Crippen molar-refractivity contribution in [2.24, 2.45) is 0 Å². The van der Waals surface area contributed by atoms with Crippen LogP contribution in [0.25, 0.3) is 0 Å². The Morgan fingerprint density at radius 2 is 2.00 bits per heavy atom. The summed E-state index contributed by atoms with van der Waals surface area (Å²) in [5.74, 6) is 0. The van der Waals surface area contributed by atoms with Crippen LogP contribution in [0.1, 0.15) is 23.5 Å². The molecule has 1 aromatic heterocycles. The Kier molecular flexibility index (Phi) is 3.82. The average Bonchev–Trinajstić information content (AvgIpc) is 2.59. The first-order valence-electron chi connectivity index (χ1n) is 5.66. The summed E-state index contributed by atoms with van der Waals surface area (Å²) < 4.78 is 27.5. The van der Waals surface area contributed by atoms with Crippen LogP contribution in [0.15, 0.2) is 4.21 Å². The smallest absolute Gasteiger partial charge is 0.252 e. The minimum Gasteiger partial charge on any atom is -0.317 e. The molecule has 0 bridgehead atoms. The van der Waals surface area contributed by atoms with Gasteiger partial charge in [0, 0.05) is 6.04 Å². The van der Waals surface area contributed by atoms with Crippen molar-refractivity contribution in [2.75, 3.05) is 13.1 Å². The van der Waals surface area contributed by atoms with Crippen molar-refractivity contribution in [2.45, 2.75) is 36.9 Å². The van der Waals surface area contributed by atoms with Crippen molar-refractivity contribution in [1.29, 1.82) is 0 Å². The quantitative estimate of drug-likeness (QED) is 0.855. The number of piperidine rings is 1. The van der Waals surface area contributed by atoms with Gasteiger partial charge in [0.05, 0.1) is 10.7 Å². The first-order valence-corrected chi connectivity index (χ1v) is 7.96. The molecule has 0 atom stereocenters. The zero-order valence-electron chi connectivity index (χ0n) is 9.99. The number of hydrogen-bond acceptors (Lipinski definition) is 5. The molecule has 96 valence electrons. The van der Waals surface area contributed by atoms with Gasteiger partial charge in [0.15, 0.2) is 4.21 Å². The minimum absolute atomic E-state index is 0.0445. The highest BCUT2D eigenvalue weighted by molar-refractivity contribution is 7.91. The second kappa shape index (κ2) is 5.01. The van der Waals surface area contributed by atoms with Crippen molar-refractivity contribution >= 4 is 21.4 Å². The maximum atomic E-state index is 12.2. The summed E-state index contributed by atoms with van der Waals surface area (Å²) in [6.45, 7) is 5.30. The molecule has 2 rings (SSSR count). The van der Waals surface area contributed by atoms with Crippen LogP contribution in [0, 0.1) is 13.8 Å². The Morgan fingerprint density at radius 1 is 1.35 bits per heavy atom. The molecule has 0 aromatic carbocycles. The zero-order valence-corrected chi connectivity index (χ0v) is 11.6. The molecule has 1 aromatic rings. The van der Waals surface area contributed by atoms with Gasteiger partial charge in [-0.15, -0.1) is 11.3 Å². The lowest BCUT2D eigenvalue weighted by Gasteiger charge is -2.23. The Morgan fingerprint density at radius 3 is 2.53 bits per heavy atom. The lowest BCUT2D eigenvalue weighted by Crippen LogP contribution is -2.42. The maximum absolute atomic E-state index is 12.2. The van der Waals surface area contributed by atoms with E-state index < -0.39 is 10.0 Å². The highest BCUT2D eigenvalue weighted by Gasteiger charge is 2.25. The summed E-state index contributed by atoms with van der Waals surface area (Å²) in [5.41, 5.74) is 0.592. The highest BCUT2D eigenvalue weighted by Crippen LogP contribution is 2.23. The van der Waals surface area contributed by atoms with Gasteiger partial charge in [-0.25, -0.2) is 18.1 Å². The van der Waals surface area contributed by atoms with E-state index in [9.17, 15) is 8.42 Å². The lowest BCUT2D eigenvalue weighted by molar-refractivity contribution is 0.427. The molecule has 0 spiro atoms. The van der Waals surface area contributed by atoms with E-state index in [1.807, 2.05) is 6.92 Å². The maximum Gasteiger partial charge on any atom is 0.252 e. The van der Waals surface area contributed by atoms with Crippen molar-refractivity contribution in [1.82, 2.24) is 15.0 Å². The SMILES string of the molecule is Cc1nc(C)c(S(=O)(=O)NC2CCNCC2)s1. The molecular formula is C10H17N3O2S2. The van der Waals surface area contributed by atoms with Crippen LogP contribution in [0.5, 0.6) is 0 Å². The Balaban J connectivity index is 2.15. The van der Waals surface area contributed by atoms with Gasteiger partial charge >= 0.3 is 0 Å². The van der Waals surface area contributed by atoms with Gasteiger partial charge in [0.1, 0.15) is 0 Å². The number of aromatic nitrogens is 1. The predicted molar refractivity (Wildman–Crippen MR) is 67.8 cm³/mol. The lowest BCUT2D eigenvalue weighted by atomic mass is 10.1. The van der Waals surface area contributed by atoms with Crippen LogP contribution in [-0.2, 0) is 10.0 Å². The van der Waals surface area contributed by atoms with E-state index in [4.69, 9.17) is 0 Å². The van der Waals surface area contributed by atoms with E-state index in [1.54, 1.807) is 6.92 Å². The summed E-state index contributed by atoms with van der Waals surface area (Å²) in [5, 5.41) is 4.00. The van der Waals surface area contributed by atoms with E-state index in [2.05, 4.69) is 15.0 Å². The van der Waals surface area contributed by atoms with Gasteiger partial charge in [-0.1, -0.05) is 0 Å². The molecule has 5 nitrogen and oxygen atoms in total. The molecule has 1 aliphatic heterocycles. The van der Waals surface area contributed by atoms with Gasteiger partial charge in [-0.3, -0.25) is 0 Å². The summed E-state index contributed by atoms with van der Waals surface area (Å²) in [6.07, 6.45) is 1.69. The molecule has 1 fully saturated rings. The molecule has 2 heterocycles. The molecular weight excluding hydrogens is 258 g/mol. The Labute approximate surface area is 106 Å². The third kappa shape index (κ3) is 3.04. The molecule has 0 unspecified atom stereocenters. The second-order valence-electron chi connectivity index (χ2n) is 4.25. The van der Waals surface area contributed by atoms with Crippen LogP contribution in [0.3, 0.4) is 0 Å². The monoisotopic (exact) mass is 275 g/mol. The number of nitrogens with zero attached hydrogens (tertiary/aromatic N) is 1. The fourth-order valence-corrected chi connectivity index (χ4v) is 4.78. The highest BCUT2D eigenvalue weighted by atomic mass is 32.2. The molecule has 1 aliphatic rings. The summed E-state index contributed by atoms with van der Waals surface area (Å²) in [7, 11) is -3.39. The van der Waals surface area contributed by atoms with Crippen LogP contribution < -0.4 is 10.0 Å². The number of nitrogens with one attached hydrogen (secondary N) is 2. The number of hydrogen-bond donors (Lipinski definition) is 2. The number of rotatable bonds is 3. The van der Waals surface area contributed by atoms with Crippen LogP contribution in [0.4, 0.5) is 0 Å².